The number of allylic oxidation sites excluding steroid dienone is 4. The molecular weight excluding hydrogens is 383 g/mol. The van der Waals surface area contributed by atoms with E-state index < -0.39 is 9.84 Å². The van der Waals surface area contributed by atoms with Gasteiger partial charge in [0.15, 0.2) is 0 Å². The maximum absolute atomic E-state index is 13.1. The van der Waals surface area contributed by atoms with Crippen LogP contribution in [0.4, 0.5) is 0 Å². The molecule has 0 fully saturated rings. The van der Waals surface area contributed by atoms with Gasteiger partial charge in [0.1, 0.15) is 0 Å². The van der Waals surface area contributed by atoms with Crippen molar-refractivity contribution < 1.29 is 8.42 Å². The van der Waals surface area contributed by atoms with Crippen molar-refractivity contribution in [3.05, 3.63) is 81.2 Å². The van der Waals surface area contributed by atoms with Gasteiger partial charge in [-0.2, -0.15) is 0 Å². The normalized spacial score (nSPS) is 15.3. The van der Waals surface area contributed by atoms with Gasteiger partial charge in [0.25, 0.3) is 0 Å². The Labute approximate surface area is 150 Å². The molecule has 1 aliphatic carbocycles. The average Bonchev–Trinajstić information content (AvgIpc) is 2.56. The number of sulfone groups is 1. The second-order valence-corrected chi connectivity index (χ2v) is 10.4. The van der Waals surface area contributed by atoms with Gasteiger partial charge in [-0.25, -0.2) is 0 Å². The van der Waals surface area contributed by atoms with E-state index in [1.807, 2.05) is 43.3 Å². The Morgan fingerprint density at radius 1 is 0.917 bits per heavy atom. The van der Waals surface area contributed by atoms with Crippen LogP contribution in [-0.2, 0) is 9.84 Å². The molecule has 2 aromatic carbocycles. The zero-order valence-corrected chi connectivity index (χ0v) is 16.4. The van der Waals surface area contributed by atoms with E-state index in [0.717, 1.165) is 16.5 Å². The summed E-state index contributed by atoms with van der Waals surface area (Å²) in [4.78, 5) is 0.998. The molecule has 0 atom stereocenters. The van der Waals surface area contributed by atoms with Crippen molar-refractivity contribution in [1.29, 1.82) is 0 Å². The molecule has 2 aromatic rings. The summed E-state index contributed by atoms with van der Waals surface area (Å²) in [6, 6.07) is 17.3. The third kappa shape index (κ3) is 3.72. The first-order chi connectivity index (χ1) is 11.5. The van der Waals surface area contributed by atoms with Gasteiger partial charge >= 0.3 is 150 Å². The van der Waals surface area contributed by atoms with Gasteiger partial charge in [0, 0.05) is 0 Å². The number of benzene rings is 2. The Bertz CT molecular complexity index is 892. The van der Waals surface area contributed by atoms with Gasteiger partial charge in [-0.15, -0.1) is 0 Å². The third-order valence-corrected chi connectivity index (χ3v) is 8.67. The molecule has 124 valence electrons. The molecule has 0 N–H and O–H groups in total. The van der Waals surface area contributed by atoms with E-state index in [-0.39, 0.29) is 15.0 Å². The first-order valence-corrected chi connectivity index (χ1v) is 11.1. The molecular formula is C20H20O2SSe. The van der Waals surface area contributed by atoms with E-state index in [1.54, 1.807) is 12.1 Å². The van der Waals surface area contributed by atoms with Crippen molar-refractivity contribution >= 4 is 29.3 Å². The van der Waals surface area contributed by atoms with Crippen LogP contribution >= 0.6 is 0 Å². The molecule has 24 heavy (non-hydrogen) atoms. The van der Waals surface area contributed by atoms with Crippen LogP contribution in [0.1, 0.15) is 25.3 Å². The van der Waals surface area contributed by atoms with E-state index in [9.17, 15) is 8.42 Å². The van der Waals surface area contributed by atoms with Crippen LogP contribution in [0.25, 0.3) is 0 Å². The van der Waals surface area contributed by atoms with Crippen molar-refractivity contribution in [2.45, 2.75) is 31.6 Å². The molecule has 1 aliphatic rings. The fourth-order valence-electron chi connectivity index (χ4n) is 2.65. The third-order valence-electron chi connectivity index (χ3n) is 4.03. The van der Waals surface area contributed by atoms with Gasteiger partial charge in [-0.1, -0.05) is 0 Å². The van der Waals surface area contributed by atoms with Crippen molar-refractivity contribution in [1.82, 2.24) is 0 Å². The van der Waals surface area contributed by atoms with Crippen molar-refractivity contribution in [2.24, 2.45) is 0 Å². The van der Waals surface area contributed by atoms with E-state index in [4.69, 9.17) is 0 Å². The minimum atomic E-state index is -3.42. The zero-order valence-electron chi connectivity index (χ0n) is 13.8. The first kappa shape index (κ1) is 17.2. The molecule has 0 radical (unpaired) electrons. The van der Waals surface area contributed by atoms with Crippen molar-refractivity contribution in [2.75, 3.05) is 0 Å². The molecule has 0 aromatic heterocycles. The summed E-state index contributed by atoms with van der Waals surface area (Å²) in [7, 11) is -3.42. The quantitative estimate of drug-likeness (QED) is 0.576. The van der Waals surface area contributed by atoms with E-state index >= 15 is 0 Å². The predicted octanol–water partition coefficient (Wildman–Crippen LogP) is 3.75. The van der Waals surface area contributed by atoms with Crippen LogP contribution in [0.5, 0.6) is 0 Å². The SMILES string of the molecule is CC1=CCC(S(=O)(=O)c2ccc(C)cc2)=C([Se]c2ccccc2)C1. The fraction of sp³-hybridized carbons (Fsp3) is 0.200. The van der Waals surface area contributed by atoms with Gasteiger partial charge < -0.3 is 0 Å². The molecule has 0 spiro atoms. The van der Waals surface area contributed by atoms with Crippen LogP contribution in [0.2, 0.25) is 0 Å². The Balaban J connectivity index is 2.03. The maximum atomic E-state index is 13.1. The average molecular weight is 403 g/mol. The summed E-state index contributed by atoms with van der Waals surface area (Å²) in [6.07, 6.45) is 3.31. The number of rotatable bonds is 4. The number of aryl methyl sites for hydroxylation is 1. The molecule has 0 bridgehead atoms. The summed E-state index contributed by atoms with van der Waals surface area (Å²) in [6.45, 7) is 4.04. The van der Waals surface area contributed by atoms with E-state index in [2.05, 4.69) is 19.1 Å². The second-order valence-electron chi connectivity index (χ2n) is 6.01. The first-order valence-electron chi connectivity index (χ1n) is 7.89. The molecule has 0 amide bonds. The Kier molecular flexibility index (Phi) is 5.09. The summed E-state index contributed by atoms with van der Waals surface area (Å²) < 4.78 is 28.5. The summed E-state index contributed by atoms with van der Waals surface area (Å²) >= 11 is 0.0316. The molecule has 2 nitrogen and oxygen atoms in total. The predicted molar refractivity (Wildman–Crippen MR) is 100 cm³/mol. The Morgan fingerprint density at radius 2 is 1.58 bits per heavy atom. The fourth-order valence-corrected chi connectivity index (χ4v) is 7.26. The summed E-state index contributed by atoms with van der Waals surface area (Å²) in [5, 5.41) is 0. The molecule has 4 heteroatoms. The second kappa shape index (κ2) is 7.10. The van der Waals surface area contributed by atoms with Crippen LogP contribution in [-0.4, -0.2) is 23.4 Å². The van der Waals surface area contributed by atoms with Crippen LogP contribution < -0.4 is 4.46 Å². The summed E-state index contributed by atoms with van der Waals surface area (Å²) in [5.41, 5.74) is 2.32. The topological polar surface area (TPSA) is 34.1 Å². The molecule has 0 saturated carbocycles. The van der Waals surface area contributed by atoms with Crippen molar-refractivity contribution in [3.8, 4) is 0 Å². The van der Waals surface area contributed by atoms with Gasteiger partial charge in [0.05, 0.1) is 0 Å². The standard InChI is InChI=1S/C20H20O2SSe/c1-15-8-11-17(12-9-15)23(21,22)19-13-10-16(2)14-20(19)24-18-6-4-3-5-7-18/h3-12H,13-14H2,1-2H3. The monoisotopic (exact) mass is 404 g/mol. The van der Waals surface area contributed by atoms with Crippen LogP contribution in [0.3, 0.4) is 0 Å². The Morgan fingerprint density at radius 3 is 2.25 bits per heavy atom. The van der Waals surface area contributed by atoms with Gasteiger partial charge in [-0.3, -0.25) is 0 Å². The van der Waals surface area contributed by atoms with E-state index in [0.29, 0.717) is 16.2 Å². The Hall–Kier alpha value is -1.61. The molecule has 0 unspecified atom stereocenters. The van der Waals surface area contributed by atoms with Gasteiger partial charge in [-0.05, 0) is 0 Å². The minimum absolute atomic E-state index is 0.0316. The number of hydrogen-bond acceptors (Lipinski definition) is 2. The van der Waals surface area contributed by atoms with Crippen LogP contribution in [0, 0.1) is 6.92 Å². The number of hydrogen-bond donors (Lipinski definition) is 0. The molecule has 0 heterocycles. The molecule has 0 saturated heterocycles. The van der Waals surface area contributed by atoms with Crippen LogP contribution in [0.15, 0.2) is 80.5 Å². The molecule has 3 rings (SSSR count). The van der Waals surface area contributed by atoms with E-state index in [1.165, 1.54) is 10.0 Å². The van der Waals surface area contributed by atoms with Gasteiger partial charge in [0.2, 0.25) is 0 Å². The summed E-state index contributed by atoms with van der Waals surface area (Å²) in [5.74, 6) is 0. The molecule has 0 aliphatic heterocycles. The zero-order chi connectivity index (χ0) is 17.2. The van der Waals surface area contributed by atoms with Crippen molar-refractivity contribution in [3.63, 3.8) is 0 Å².